The average Bonchev–Trinajstić information content (AvgIpc) is 2.20. The number of hydrogen-bond acceptors (Lipinski definition) is 4. The van der Waals surface area contributed by atoms with Gasteiger partial charge in [0.25, 0.3) is 0 Å². The van der Waals surface area contributed by atoms with Crippen molar-refractivity contribution in [1.29, 1.82) is 0 Å². The minimum Gasteiger partial charge on any atom is -0.480 e. The summed E-state index contributed by atoms with van der Waals surface area (Å²) < 4.78 is 5.25. The van der Waals surface area contributed by atoms with Crippen molar-refractivity contribution < 1.29 is 19.4 Å². The number of amides is 1. The van der Waals surface area contributed by atoms with Gasteiger partial charge >= 0.3 is 5.97 Å². The molecule has 0 unspecified atom stereocenters. The summed E-state index contributed by atoms with van der Waals surface area (Å²) in [5.41, 5.74) is 5.21. The Hall–Kier alpha value is -1.14. The van der Waals surface area contributed by atoms with Crippen molar-refractivity contribution in [3.63, 3.8) is 0 Å². The van der Waals surface area contributed by atoms with Crippen molar-refractivity contribution in [2.75, 3.05) is 19.7 Å². The Balaban J connectivity index is 1.74. The lowest BCUT2D eigenvalue weighted by molar-refractivity contribution is -0.174. The Morgan fingerprint density at radius 1 is 1.39 bits per heavy atom. The molecule has 102 valence electrons. The highest BCUT2D eigenvalue weighted by Crippen LogP contribution is 2.34. The van der Waals surface area contributed by atoms with Crippen LogP contribution in [0, 0.1) is 0 Å². The fraction of sp³-hybridized carbons (Fsp3) is 0.833. The summed E-state index contributed by atoms with van der Waals surface area (Å²) in [4.78, 5) is 24.0. The van der Waals surface area contributed by atoms with E-state index in [0.29, 0.717) is 19.5 Å². The smallest absolute Gasteiger partial charge is 0.329 e. The highest BCUT2D eigenvalue weighted by atomic mass is 16.5. The second-order valence-corrected chi connectivity index (χ2v) is 5.77. The normalized spacial score (nSPS) is 24.0. The van der Waals surface area contributed by atoms with E-state index >= 15 is 0 Å². The van der Waals surface area contributed by atoms with E-state index in [1.807, 2.05) is 6.92 Å². The maximum atomic E-state index is 11.9. The first-order valence-electron chi connectivity index (χ1n) is 6.24. The lowest BCUT2D eigenvalue weighted by Crippen LogP contribution is -2.64. The Bertz CT molecular complexity index is 359. The zero-order valence-corrected chi connectivity index (χ0v) is 10.6. The van der Waals surface area contributed by atoms with Crippen LogP contribution in [0.3, 0.4) is 0 Å². The Kier molecular flexibility index (Phi) is 3.33. The first-order valence-corrected chi connectivity index (χ1v) is 6.24. The summed E-state index contributed by atoms with van der Waals surface area (Å²) in [6, 6.07) is 0. The van der Waals surface area contributed by atoms with Gasteiger partial charge in [0.05, 0.1) is 13.1 Å². The van der Waals surface area contributed by atoms with Crippen molar-refractivity contribution in [2.45, 2.75) is 43.7 Å². The van der Waals surface area contributed by atoms with E-state index in [0.717, 1.165) is 19.3 Å². The van der Waals surface area contributed by atoms with Crippen LogP contribution >= 0.6 is 0 Å². The molecule has 0 spiro atoms. The van der Waals surface area contributed by atoms with Crippen LogP contribution in [0.1, 0.15) is 32.6 Å². The highest BCUT2D eigenvalue weighted by Gasteiger charge is 2.45. The van der Waals surface area contributed by atoms with Gasteiger partial charge in [0.1, 0.15) is 12.2 Å². The lowest BCUT2D eigenvalue weighted by Gasteiger charge is -2.49. The Labute approximate surface area is 106 Å². The third kappa shape index (κ3) is 2.81. The third-order valence-corrected chi connectivity index (χ3v) is 3.80. The molecule has 1 aliphatic carbocycles. The summed E-state index contributed by atoms with van der Waals surface area (Å²) >= 11 is 0. The van der Waals surface area contributed by atoms with Crippen LogP contribution in [0.5, 0.6) is 0 Å². The molecule has 0 aromatic rings. The first kappa shape index (κ1) is 13.3. The Morgan fingerprint density at radius 3 is 2.44 bits per heavy atom. The molecule has 1 aliphatic heterocycles. The van der Waals surface area contributed by atoms with Gasteiger partial charge < -0.3 is 20.5 Å². The molecule has 1 amide bonds. The maximum Gasteiger partial charge on any atom is 0.329 e. The van der Waals surface area contributed by atoms with Gasteiger partial charge in [-0.25, -0.2) is 4.79 Å². The minimum atomic E-state index is -0.989. The van der Waals surface area contributed by atoms with Gasteiger partial charge in [-0.2, -0.15) is 0 Å². The lowest BCUT2D eigenvalue weighted by atomic mass is 9.75. The summed E-state index contributed by atoms with van der Waals surface area (Å²) in [7, 11) is 0. The minimum absolute atomic E-state index is 0.0496. The van der Waals surface area contributed by atoms with Gasteiger partial charge in [-0.3, -0.25) is 4.79 Å². The number of carbonyl (C=O) groups is 2. The molecule has 6 heteroatoms. The summed E-state index contributed by atoms with van der Waals surface area (Å²) in [5, 5.41) is 8.54. The molecule has 2 aliphatic rings. The number of ether oxygens (including phenoxy) is 1. The van der Waals surface area contributed by atoms with E-state index in [1.54, 1.807) is 4.90 Å². The van der Waals surface area contributed by atoms with Crippen LogP contribution < -0.4 is 5.73 Å². The highest BCUT2D eigenvalue weighted by molar-refractivity contribution is 5.79. The molecular formula is C12H20N2O4. The topological polar surface area (TPSA) is 92.9 Å². The second-order valence-electron chi connectivity index (χ2n) is 5.77. The van der Waals surface area contributed by atoms with Gasteiger partial charge in [0.15, 0.2) is 0 Å². The van der Waals surface area contributed by atoms with Gasteiger partial charge in [0.2, 0.25) is 5.91 Å². The average molecular weight is 256 g/mol. The van der Waals surface area contributed by atoms with E-state index in [1.165, 1.54) is 0 Å². The molecule has 1 saturated heterocycles. The van der Waals surface area contributed by atoms with Crippen LogP contribution in [-0.2, 0) is 14.3 Å². The zero-order chi connectivity index (χ0) is 13.4. The maximum absolute atomic E-state index is 11.9. The summed E-state index contributed by atoms with van der Waals surface area (Å²) in [6.45, 7) is 2.41. The van der Waals surface area contributed by atoms with Crippen molar-refractivity contribution in [3.05, 3.63) is 0 Å². The predicted molar refractivity (Wildman–Crippen MR) is 64.0 cm³/mol. The largest absolute Gasteiger partial charge is 0.480 e. The van der Waals surface area contributed by atoms with E-state index < -0.39 is 11.6 Å². The van der Waals surface area contributed by atoms with E-state index in [4.69, 9.17) is 15.6 Å². The molecule has 2 fully saturated rings. The number of carbonyl (C=O) groups excluding carboxylic acids is 1. The zero-order valence-electron chi connectivity index (χ0n) is 10.6. The molecule has 6 nitrogen and oxygen atoms in total. The van der Waals surface area contributed by atoms with Gasteiger partial charge in [-0.1, -0.05) is 0 Å². The van der Waals surface area contributed by atoms with E-state index in [-0.39, 0.29) is 18.1 Å². The molecule has 2 rings (SSSR count). The number of carboxylic acid groups (broad SMARTS) is 1. The van der Waals surface area contributed by atoms with Gasteiger partial charge in [0, 0.05) is 12.0 Å². The molecule has 0 radical (unpaired) electrons. The predicted octanol–water partition coefficient (Wildman–Crippen LogP) is -0.0400. The molecule has 18 heavy (non-hydrogen) atoms. The molecule has 1 heterocycles. The van der Waals surface area contributed by atoms with Crippen molar-refractivity contribution >= 4 is 11.9 Å². The number of likely N-dealkylation sites (tertiary alicyclic amines) is 1. The molecule has 3 N–H and O–H groups in total. The SMILES string of the molecule is CC1(OCC(=O)O)CN(C(=O)CC2(N)CCC2)C1. The van der Waals surface area contributed by atoms with Crippen molar-refractivity contribution in [2.24, 2.45) is 5.73 Å². The number of hydrogen-bond donors (Lipinski definition) is 2. The second kappa shape index (κ2) is 4.51. The first-order chi connectivity index (χ1) is 8.32. The number of rotatable bonds is 5. The fourth-order valence-corrected chi connectivity index (χ4v) is 2.49. The molecule has 0 bridgehead atoms. The number of carboxylic acids is 1. The van der Waals surface area contributed by atoms with Crippen LogP contribution in [-0.4, -0.2) is 52.7 Å². The number of aliphatic carboxylic acids is 1. The Morgan fingerprint density at radius 2 is 2.00 bits per heavy atom. The van der Waals surface area contributed by atoms with Crippen LogP contribution in [0.2, 0.25) is 0 Å². The van der Waals surface area contributed by atoms with Gasteiger partial charge in [-0.05, 0) is 26.2 Å². The molecular weight excluding hydrogens is 236 g/mol. The van der Waals surface area contributed by atoms with Crippen LogP contribution in [0.4, 0.5) is 0 Å². The standard InChI is InChI=1S/C12H20N2O4/c1-11(18-6-10(16)17)7-14(8-11)9(15)5-12(13)3-2-4-12/h2-8,13H2,1H3,(H,16,17). The van der Waals surface area contributed by atoms with E-state index in [2.05, 4.69) is 0 Å². The van der Waals surface area contributed by atoms with Crippen molar-refractivity contribution in [3.8, 4) is 0 Å². The third-order valence-electron chi connectivity index (χ3n) is 3.80. The van der Waals surface area contributed by atoms with Crippen molar-refractivity contribution in [1.82, 2.24) is 4.90 Å². The quantitative estimate of drug-likeness (QED) is 0.720. The summed E-state index contributed by atoms with van der Waals surface area (Å²) in [6.07, 6.45) is 3.32. The molecule has 1 saturated carbocycles. The summed E-state index contributed by atoms with van der Waals surface area (Å²) in [5.74, 6) is -0.940. The van der Waals surface area contributed by atoms with Crippen LogP contribution in [0.15, 0.2) is 0 Å². The monoisotopic (exact) mass is 256 g/mol. The molecule has 0 aromatic carbocycles. The van der Waals surface area contributed by atoms with Crippen LogP contribution in [0.25, 0.3) is 0 Å². The van der Waals surface area contributed by atoms with E-state index in [9.17, 15) is 9.59 Å². The number of nitrogens with two attached hydrogens (primary N) is 1. The number of nitrogens with zero attached hydrogens (tertiary/aromatic N) is 1. The molecule has 0 aromatic heterocycles. The van der Waals surface area contributed by atoms with Gasteiger partial charge in [-0.15, -0.1) is 0 Å². The molecule has 0 atom stereocenters. The fourth-order valence-electron chi connectivity index (χ4n) is 2.49.